The highest BCUT2D eigenvalue weighted by Gasteiger charge is 2.32. The van der Waals surface area contributed by atoms with Crippen LogP contribution < -0.4 is 4.72 Å². The third-order valence-electron chi connectivity index (χ3n) is 4.48. The Bertz CT molecular complexity index is 775. The predicted molar refractivity (Wildman–Crippen MR) is 115 cm³/mol. The van der Waals surface area contributed by atoms with Crippen molar-refractivity contribution in [2.24, 2.45) is 0 Å². The molecule has 28 heavy (non-hydrogen) atoms. The van der Waals surface area contributed by atoms with Crippen molar-refractivity contribution in [1.82, 2.24) is 9.62 Å². The van der Waals surface area contributed by atoms with Gasteiger partial charge in [0.15, 0.2) is 0 Å². The molecule has 1 aromatic rings. The highest BCUT2D eigenvalue weighted by Crippen LogP contribution is 2.25. The van der Waals surface area contributed by atoms with Crippen molar-refractivity contribution in [3.63, 3.8) is 0 Å². The van der Waals surface area contributed by atoms with Gasteiger partial charge in [0.1, 0.15) is 10.9 Å². The van der Waals surface area contributed by atoms with Gasteiger partial charge in [0, 0.05) is 24.7 Å². The number of nitrogens with one attached hydrogen (secondary N) is 1. The first-order valence-corrected chi connectivity index (χ1v) is 12.8. The van der Waals surface area contributed by atoms with E-state index in [4.69, 9.17) is 27.9 Å². The van der Waals surface area contributed by atoms with Crippen LogP contribution in [-0.4, -0.2) is 63.1 Å². The molecule has 0 bridgehead atoms. The highest BCUT2D eigenvalue weighted by atomic mass is 35.5. The number of benzene rings is 1. The third kappa shape index (κ3) is 6.50. The molecule has 1 saturated heterocycles. The van der Waals surface area contributed by atoms with Crippen molar-refractivity contribution < 1.29 is 17.9 Å². The number of carbonyl (C=O) groups excluding carboxylic acids is 1. The maximum atomic E-state index is 13.1. The molecule has 1 aliphatic heterocycles. The Morgan fingerprint density at radius 3 is 2.86 bits per heavy atom. The number of hydrogen-bond acceptors (Lipinski definition) is 5. The summed E-state index contributed by atoms with van der Waals surface area (Å²) in [5, 5.41) is 0.315. The molecule has 0 spiro atoms. The lowest BCUT2D eigenvalue weighted by Crippen LogP contribution is -2.52. The van der Waals surface area contributed by atoms with Crippen LogP contribution in [0.3, 0.4) is 0 Å². The highest BCUT2D eigenvalue weighted by molar-refractivity contribution is 7.98. The summed E-state index contributed by atoms with van der Waals surface area (Å²) in [7, 11) is -4.00. The number of amides is 1. The number of sulfonamides is 1. The van der Waals surface area contributed by atoms with E-state index in [0.717, 1.165) is 12.8 Å². The number of carbonyl (C=O) groups is 1. The third-order valence-corrected chi connectivity index (χ3v) is 7.31. The quantitative estimate of drug-likeness (QED) is 0.600. The van der Waals surface area contributed by atoms with E-state index in [1.54, 1.807) is 16.7 Å². The van der Waals surface area contributed by atoms with Gasteiger partial charge in [-0.15, -0.1) is 0 Å². The topological polar surface area (TPSA) is 75.7 Å². The largest absolute Gasteiger partial charge is 0.377 e. The van der Waals surface area contributed by atoms with Gasteiger partial charge in [-0.2, -0.15) is 16.5 Å². The van der Waals surface area contributed by atoms with E-state index in [9.17, 15) is 13.2 Å². The fourth-order valence-electron chi connectivity index (χ4n) is 3.13. The van der Waals surface area contributed by atoms with Crippen LogP contribution in [0.4, 0.5) is 0 Å². The first kappa shape index (κ1) is 23.8. The molecule has 2 atom stereocenters. The summed E-state index contributed by atoms with van der Waals surface area (Å²) < 4.78 is 33.9. The molecule has 2 rings (SSSR count). The number of halogens is 2. The van der Waals surface area contributed by atoms with Crippen LogP contribution in [0.25, 0.3) is 0 Å². The van der Waals surface area contributed by atoms with Gasteiger partial charge in [0.25, 0.3) is 0 Å². The Morgan fingerprint density at radius 2 is 2.18 bits per heavy atom. The standard InChI is InChI=1S/C18H26Cl2N2O4S2/c1-3-26-14-5-4-9-22(12-14)18(23)16(8-10-27-2)21-28(24,25)17-11-13(19)6-7-15(17)20/h6-7,11,14,16,21H,3-5,8-10,12H2,1-2H3. The first-order chi connectivity index (χ1) is 13.3. The zero-order chi connectivity index (χ0) is 20.7. The zero-order valence-electron chi connectivity index (χ0n) is 16.0. The van der Waals surface area contributed by atoms with E-state index in [1.807, 2.05) is 13.2 Å². The van der Waals surface area contributed by atoms with Crippen LogP contribution >= 0.6 is 35.0 Å². The van der Waals surface area contributed by atoms with Gasteiger partial charge in [-0.25, -0.2) is 8.42 Å². The molecule has 158 valence electrons. The van der Waals surface area contributed by atoms with Crippen LogP contribution in [0.15, 0.2) is 23.1 Å². The van der Waals surface area contributed by atoms with Gasteiger partial charge < -0.3 is 9.64 Å². The van der Waals surface area contributed by atoms with Crippen molar-refractivity contribution in [3.05, 3.63) is 28.2 Å². The van der Waals surface area contributed by atoms with Crippen molar-refractivity contribution in [2.75, 3.05) is 31.7 Å². The molecule has 1 N–H and O–H groups in total. The van der Waals surface area contributed by atoms with Gasteiger partial charge in [0.05, 0.1) is 11.1 Å². The van der Waals surface area contributed by atoms with Gasteiger partial charge in [-0.1, -0.05) is 23.2 Å². The molecule has 1 fully saturated rings. The van der Waals surface area contributed by atoms with E-state index < -0.39 is 16.1 Å². The Morgan fingerprint density at radius 1 is 1.43 bits per heavy atom. The predicted octanol–water partition coefficient (Wildman–Crippen LogP) is 3.42. The lowest BCUT2D eigenvalue weighted by atomic mass is 10.1. The number of rotatable bonds is 9. The summed E-state index contributed by atoms with van der Waals surface area (Å²) in [5.74, 6) is 0.408. The second-order valence-corrected chi connectivity index (χ2v) is 10.0. The van der Waals surface area contributed by atoms with Gasteiger partial charge in [-0.3, -0.25) is 4.79 Å². The Labute approximate surface area is 181 Å². The monoisotopic (exact) mass is 468 g/mol. The average Bonchev–Trinajstić information content (AvgIpc) is 2.66. The average molecular weight is 469 g/mol. The maximum Gasteiger partial charge on any atom is 0.242 e. The second kappa shape index (κ2) is 11.0. The molecule has 0 aromatic heterocycles. The van der Waals surface area contributed by atoms with E-state index in [0.29, 0.717) is 31.9 Å². The lowest BCUT2D eigenvalue weighted by molar-refractivity contribution is -0.137. The molecule has 10 heteroatoms. The van der Waals surface area contributed by atoms with Crippen LogP contribution in [0.2, 0.25) is 10.0 Å². The van der Waals surface area contributed by atoms with Gasteiger partial charge in [-0.05, 0) is 56.4 Å². The smallest absolute Gasteiger partial charge is 0.242 e. The second-order valence-electron chi connectivity index (χ2n) is 6.53. The SMILES string of the molecule is CCOC1CCCN(C(=O)C(CCSC)NS(=O)(=O)c2cc(Cl)ccc2Cl)C1. The molecular weight excluding hydrogens is 443 g/mol. The minimum absolute atomic E-state index is 0.0112. The maximum absolute atomic E-state index is 13.1. The number of piperidine rings is 1. The van der Waals surface area contributed by atoms with Crippen LogP contribution in [0.5, 0.6) is 0 Å². The van der Waals surface area contributed by atoms with Crippen molar-refractivity contribution >= 4 is 50.9 Å². The molecule has 6 nitrogen and oxygen atoms in total. The summed E-state index contributed by atoms with van der Waals surface area (Å²) in [5.41, 5.74) is 0. The van der Waals surface area contributed by atoms with E-state index in [2.05, 4.69) is 4.72 Å². The van der Waals surface area contributed by atoms with Crippen molar-refractivity contribution in [1.29, 1.82) is 0 Å². The number of hydrogen-bond donors (Lipinski definition) is 1. The van der Waals surface area contributed by atoms with Gasteiger partial charge >= 0.3 is 0 Å². The zero-order valence-corrected chi connectivity index (χ0v) is 19.1. The first-order valence-electron chi connectivity index (χ1n) is 9.15. The molecule has 1 heterocycles. The van der Waals surface area contributed by atoms with Gasteiger partial charge in [0.2, 0.25) is 15.9 Å². The number of nitrogens with zero attached hydrogens (tertiary/aromatic N) is 1. The molecule has 1 aliphatic rings. The van der Waals surface area contributed by atoms with E-state index >= 15 is 0 Å². The Kier molecular flexibility index (Phi) is 9.37. The summed E-state index contributed by atoms with van der Waals surface area (Å²) in [6.07, 6.45) is 4.02. The number of thioether (sulfide) groups is 1. The normalized spacial score (nSPS) is 18.9. The molecular formula is C18H26Cl2N2O4S2. The molecule has 0 aliphatic carbocycles. The minimum Gasteiger partial charge on any atom is -0.377 e. The molecule has 2 unspecified atom stereocenters. The Balaban J connectivity index is 2.20. The van der Waals surface area contributed by atoms with E-state index in [-0.39, 0.29) is 27.0 Å². The summed E-state index contributed by atoms with van der Waals surface area (Å²) in [4.78, 5) is 14.7. The summed E-state index contributed by atoms with van der Waals surface area (Å²) in [6.45, 7) is 3.58. The van der Waals surface area contributed by atoms with Crippen LogP contribution in [0, 0.1) is 0 Å². The summed E-state index contributed by atoms with van der Waals surface area (Å²) >= 11 is 13.5. The van der Waals surface area contributed by atoms with Crippen LogP contribution in [-0.2, 0) is 19.6 Å². The Hall–Kier alpha value is -0.510. The fraction of sp³-hybridized carbons (Fsp3) is 0.611. The van der Waals surface area contributed by atoms with Crippen LogP contribution in [0.1, 0.15) is 26.2 Å². The van der Waals surface area contributed by atoms with Crippen molar-refractivity contribution in [2.45, 2.75) is 43.2 Å². The number of likely N-dealkylation sites (tertiary alicyclic amines) is 1. The lowest BCUT2D eigenvalue weighted by Gasteiger charge is -2.34. The number of ether oxygens (including phenoxy) is 1. The summed E-state index contributed by atoms with van der Waals surface area (Å²) in [6, 6.07) is 3.36. The molecule has 0 saturated carbocycles. The minimum atomic E-state index is -4.00. The fourth-order valence-corrected chi connectivity index (χ4v) is 5.59. The molecule has 1 aromatic carbocycles. The molecule has 0 radical (unpaired) electrons. The van der Waals surface area contributed by atoms with E-state index in [1.165, 1.54) is 18.2 Å². The molecule has 1 amide bonds. The van der Waals surface area contributed by atoms with Crippen molar-refractivity contribution in [3.8, 4) is 0 Å².